The fraction of sp³-hybridized carbons (Fsp3) is 0.333. The molecule has 0 bridgehead atoms. The van der Waals surface area contributed by atoms with E-state index in [0.29, 0.717) is 29.5 Å². The van der Waals surface area contributed by atoms with Crippen LogP contribution in [-0.4, -0.2) is 30.7 Å². The van der Waals surface area contributed by atoms with E-state index in [1.54, 1.807) is 30.5 Å². The zero-order valence-electron chi connectivity index (χ0n) is 17.9. The summed E-state index contributed by atoms with van der Waals surface area (Å²) in [5, 5.41) is 7.26. The van der Waals surface area contributed by atoms with Crippen LogP contribution in [0.3, 0.4) is 0 Å². The number of hydrogen-bond acceptors (Lipinski definition) is 4. The molecule has 2 aliphatic rings. The largest absolute Gasteiger partial charge is 0.307 e. The van der Waals surface area contributed by atoms with Crippen LogP contribution in [0.5, 0.6) is 0 Å². The molecule has 166 valence electrons. The number of amides is 1. The minimum Gasteiger partial charge on any atom is -0.307 e. The number of aromatic nitrogens is 2. The topological polar surface area (TPSA) is 84.3 Å². The van der Waals surface area contributed by atoms with E-state index in [0.717, 1.165) is 18.4 Å². The molecule has 1 aliphatic carbocycles. The highest BCUT2D eigenvalue weighted by Gasteiger charge is 2.31. The Labute approximate surface area is 188 Å². The minimum absolute atomic E-state index is 0.113. The second kappa shape index (κ2) is 8.09. The molecular formula is C24H26N4O3S. The number of anilines is 2. The summed E-state index contributed by atoms with van der Waals surface area (Å²) in [7, 11) is -3.78. The third-order valence-electron chi connectivity index (χ3n) is 6.35. The summed E-state index contributed by atoms with van der Waals surface area (Å²) >= 11 is 0. The molecule has 0 saturated heterocycles. The van der Waals surface area contributed by atoms with Crippen LogP contribution < -0.4 is 9.62 Å². The third-order valence-corrected chi connectivity index (χ3v) is 8.16. The van der Waals surface area contributed by atoms with Crippen LogP contribution in [-0.2, 0) is 16.4 Å². The van der Waals surface area contributed by atoms with E-state index in [-0.39, 0.29) is 16.8 Å². The predicted octanol–water partition coefficient (Wildman–Crippen LogP) is 4.25. The summed E-state index contributed by atoms with van der Waals surface area (Å²) in [6.07, 6.45) is 5.64. The Morgan fingerprint density at radius 1 is 1.12 bits per heavy atom. The number of rotatable bonds is 6. The number of benzene rings is 2. The molecule has 7 nitrogen and oxygen atoms in total. The number of sulfonamides is 1. The Hall–Kier alpha value is -3.13. The van der Waals surface area contributed by atoms with Gasteiger partial charge in [0.05, 0.1) is 22.8 Å². The SMILES string of the molecule is CC(C1CC1)n1nccc1NC(=O)c1cccc(S(=O)(=O)N2CCCc3ccccc32)c1. The number of carbonyl (C=O) groups excluding carboxylic acids is 1. The van der Waals surface area contributed by atoms with E-state index in [4.69, 9.17) is 0 Å². The first-order valence-corrected chi connectivity index (χ1v) is 12.4. The number of hydrogen-bond donors (Lipinski definition) is 1. The number of carbonyl (C=O) groups is 1. The van der Waals surface area contributed by atoms with Crippen LogP contribution in [0.15, 0.2) is 65.7 Å². The van der Waals surface area contributed by atoms with Crippen LogP contribution in [0.1, 0.15) is 48.1 Å². The van der Waals surface area contributed by atoms with Crippen molar-refractivity contribution in [2.75, 3.05) is 16.2 Å². The Morgan fingerprint density at radius 2 is 1.94 bits per heavy atom. The molecule has 0 radical (unpaired) electrons. The Morgan fingerprint density at radius 3 is 2.75 bits per heavy atom. The number of nitrogens with zero attached hydrogens (tertiary/aromatic N) is 3. The van der Waals surface area contributed by atoms with Gasteiger partial charge in [0.15, 0.2) is 0 Å². The molecule has 8 heteroatoms. The van der Waals surface area contributed by atoms with E-state index in [1.165, 1.54) is 23.2 Å². The van der Waals surface area contributed by atoms with E-state index < -0.39 is 10.0 Å². The highest BCUT2D eigenvalue weighted by Crippen LogP contribution is 2.40. The third kappa shape index (κ3) is 3.79. The zero-order chi connectivity index (χ0) is 22.3. The Balaban J connectivity index is 1.41. The van der Waals surface area contributed by atoms with Crippen molar-refractivity contribution in [3.63, 3.8) is 0 Å². The zero-order valence-corrected chi connectivity index (χ0v) is 18.8. The van der Waals surface area contributed by atoms with Gasteiger partial charge in [-0.1, -0.05) is 24.3 Å². The normalized spacial score (nSPS) is 17.0. The van der Waals surface area contributed by atoms with Gasteiger partial charge in [-0.2, -0.15) is 5.10 Å². The molecule has 0 spiro atoms. The lowest BCUT2D eigenvalue weighted by Crippen LogP contribution is -2.35. The van der Waals surface area contributed by atoms with Crippen LogP contribution in [0.2, 0.25) is 0 Å². The van der Waals surface area contributed by atoms with Crippen molar-refractivity contribution in [1.82, 2.24) is 9.78 Å². The highest BCUT2D eigenvalue weighted by molar-refractivity contribution is 7.92. The van der Waals surface area contributed by atoms with E-state index in [9.17, 15) is 13.2 Å². The molecular weight excluding hydrogens is 424 g/mol. The van der Waals surface area contributed by atoms with Gasteiger partial charge in [-0.15, -0.1) is 0 Å². The van der Waals surface area contributed by atoms with Crippen LogP contribution in [0.25, 0.3) is 0 Å². The van der Waals surface area contributed by atoms with Gasteiger partial charge >= 0.3 is 0 Å². The van der Waals surface area contributed by atoms with Crippen molar-refractivity contribution in [2.24, 2.45) is 5.92 Å². The van der Waals surface area contributed by atoms with Crippen molar-refractivity contribution < 1.29 is 13.2 Å². The van der Waals surface area contributed by atoms with Gasteiger partial charge < -0.3 is 5.32 Å². The lowest BCUT2D eigenvalue weighted by Gasteiger charge is -2.30. The average molecular weight is 451 g/mol. The van der Waals surface area contributed by atoms with Gasteiger partial charge in [0.2, 0.25) is 0 Å². The van der Waals surface area contributed by atoms with Gasteiger partial charge in [-0.25, -0.2) is 13.1 Å². The first-order valence-electron chi connectivity index (χ1n) is 11.0. The molecule has 2 aromatic carbocycles. The van der Waals surface area contributed by atoms with E-state index in [1.807, 2.05) is 28.9 Å². The molecule has 1 amide bonds. The Bertz CT molecular complexity index is 1260. The second-order valence-electron chi connectivity index (χ2n) is 8.53. The number of fused-ring (bicyclic) bond motifs is 1. The quantitative estimate of drug-likeness (QED) is 0.609. The van der Waals surface area contributed by atoms with Gasteiger partial charge in [0.1, 0.15) is 5.82 Å². The molecule has 2 heterocycles. The smallest absolute Gasteiger partial charge is 0.264 e. The molecule has 1 atom stereocenters. The summed E-state index contributed by atoms with van der Waals surface area (Å²) in [6, 6.07) is 15.8. The van der Waals surface area contributed by atoms with Crippen molar-refractivity contribution in [1.29, 1.82) is 0 Å². The summed E-state index contributed by atoms with van der Waals surface area (Å²) in [6.45, 7) is 2.53. The summed E-state index contributed by atoms with van der Waals surface area (Å²) in [5.41, 5.74) is 2.03. The fourth-order valence-corrected chi connectivity index (χ4v) is 5.97. The molecule has 3 aromatic rings. The second-order valence-corrected chi connectivity index (χ2v) is 10.4. The minimum atomic E-state index is -3.78. The first kappa shape index (κ1) is 20.8. The summed E-state index contributed by atoms with van der Waals surface area (Å²) < 4.78 is 30.2. The number of aryl methyl sites for hydroxylation is 1. The maximum atomic E-state index is 13.4. The first-order chi connectivity index (χ1) is 15.4. The predicted molar refractivity (Wildman–Crippen MR) is 123 cm³/mol. The molecule has 1 fully saturated rings. The standard InChI is InChI=1S/C24H26N4O3S/c1-17(18-11-12-18)28-23(13-14-25-28)26-24(29)20-7-4-9-21(16-20)32(30,31)27-15-5-8-19-6-2-3-10-22(19)27/h2-4,6-7,9-10,13-14,16-18H,5,8,11-12,15H2,1H3,(H,26,29). The number of nitrogens with one attached hydrogen (secondary N) is 1. The molecule has 5 rings (SSSR count). The lowest BCUT2D eigenvalue weighted by atomic mass is 10.0. The Kier molecular flexibility index (Phi) is 5.25. The maximum absolute atomic E-state index is 13.4. The lowest BCUT2D eigenvalue weighted by molar-refractivity contribution is 0.102. The maximum Gasteiger partial charge on any atom is 0.264 e. The highest BCUT2D eigenvalue weighted by atomic mass is 32.2. The number of para-hydroxylation sites is 1. The van der Waals surface area contributed by atoms with Gasteiger partial charge in [-0.05, 0) is 68.4 Å². The van der Waals surface area contributed by atoms with Crippen LogP contribution in [0, 0.1) is 5.92 Å². The van der Waals surface area contributed by atoms with Crippen molar-refractivity contribution in [3.05, 3.63) is 71.9 Å². The van der Waals surface area contributed by atoms with Crippen molar-refractivity contribution in [3.8, 4) is 0 Å². The van der Waals surface area contributed by atoms with Crippen LogP contribution >= 0.6 is 0 Å². The fourth-order valence-electron chi connectivity index (χ4n) is 4.38. The molecule has 1 saturated carbocycles. The summed E-state index contributed by atoms with van der Waals surface area (Å²) in [4.78, 5) is 13.1. The molecule has 1 N–H and O–H groups in total. The summed E-state index contributed by atoms with van der Waals surface area (Å²) in [5.74, 6) is 0.852. The molecule has 1 aromatic heterocycles. The van der Waals surface area contributed by atoms with E-state index >= 15 is 0 Å². The molecule has 1 unspecified atom stereocenters. The van der Waals surface area contributed by atoms with Crippen molar-refractivity contribution in [2.45, 2.75) is 43.5 Å². The van der Waals surface area contributed by atoms with Gasteiger partial charge in [0, 0.05) is 18.2 Å². The van der Waals surface area contributed by atoms with Gasteiger partial charge in [0.25, 0.3) is 15.9 Å². The van der Waals surface area contributed by atoms with Crippen LogP contribution in [0.4, 0.5) is 11.5 Å². The monoisotopic (exact) mass is 450 g/mol. The van der Waals surface area contributed by atoms with Crippen molar-refractivity contribution >= 4 is 27.4 Å². The van der Waals surface area contributed by atoms with Gasteiger partial charge in [-0.3, -0.25) is 9.10 Å². The molecule has 32 heavy (non-hydrogen) atoms. The van der Waals surface area contributed by atoms with E-state index in [2.05, 4.69) is 17.3 Å². The average Bonchev–Trinajstić information content (AvgIpc) is 3.57. The molecule has 1 aliphatic heterocycles.